The summed E-state index contributed by atoms with van der Waals surface area (Å²) in [6.07, 6.45) is 2.51. The van der Waals surface area contributed by atoms with Crippen molar-refractivity contribution in [2.24, 2.45) is 0 Å². The third-order valence-electron chi connectivity index (χ3n) is 4.47. The fourth-order valence-electron chi connectivity index (χ4n) is 2.91. The lowest BCUT2D eigenvalue weighted by molar-refractivity contribution is -0.122. The van der Waals surface area contributed by atoms with E-state index >= 15 is 0 Å². The molecule has 0 radical (unpaired) electrons. The molecule has 7 heteroatoms. The van der Waals surface area contributed by atoms with Crippen LogP contribution in [-0.2, 0) is 24.2 Å². The highest BCUT2D eigenvalue weighted by Crippen LogP contribution is 2.29. The lowest BCUT2D eigenvalue weighted by Crippen LogP contribution is -2.38. The molecule has 0 bridgehead atoms. The van der Waals surface area contributed by atoms with E-state index in [1.165, 1.54) is 9.56 Å². The largest absolute Gasteiger partial charge is 0.352 e. The van der Waals surface area contributed by atoms with Gasteiger partial charge in [-0.05, 0) is 31.9 Å². The number of aromatic nitrogens is 3. The van der Waals surface area contributed by atoms with Crippen molar-refractivity contribution in [3.05, 3.63) is 33.2 Å². The molecule has 0 aliphatic heterocycles. The summed E-state index contributed by atoms with van der Waals surface area (Å²) in [5.41, 5.74) is 1.40. The lowest BCUT2D eigenvalue weighted by atomic mass is 10.2. The summed E-state index contributed by atoms with van der Waals surface area (Å²) in [7, 11) is 0. The normalized spacial score (nSPS) is 12.8. The van der Waals surface area contributed by atoms with Gasteiger partial charge in [0.05, 0.1) is 10.2 Å². The number of nitrogens with one attached hydrogen (secondary N) is 1. The average molecular weight is 360 g/mol. The monoisotopic (exact) mass is 360 g/mol. The summed E-state index contributed by atoms with van der Waals surface area (Å²) < 4.78 is 4.32. The second-order valence-corrected chi connectivity index (χ2v) is 7.46. The Morgan fingerprint density at radius 3 is 2.64 bits per heavy atom. The third-order valence-corrected chi connectivity index (χ3v) is 5.68. The van der Waals surface area contributed by atoms with Crippen molar-refractivity contribution in [3.8, 4) is 0 Å². The van der Waals surface area contributed by atoms with Crippen LogP contribution in [0.15, 0.2) is 16.9 Å². The van der Waals surface area contributed by atoms with Gasteiger partial charge >= 0.3 is 0 Å². The predicted molar refractivity (Wildman–Crippen MR) is 101 cm³/mol. The number of carbonyl (C=O) groups excluding carboxylic acids is 1. The molecule has 3 aromatic rings. The second-order valence-electron chi connectivity index (χ2n) is 6.29. The zero-order valence-corrected chi connectivity index (χ0v) is 15.9. The Labute approximate surface area is 150 Å². The molecule has 134 valence electrons. The molecule has 1 N–H and O–H groups in total. The van der Waals surface area contributed by atoms with E-state index in [1.54, 1.807) is 11.3 Å². The van der Waals surface area contributed by atoms with Crippen LogP contribution in [0, 0.1) is 0 Å². The highest BCUT2D eigenvalue weighted by atomic mass is 32.1. The van der Waals surface area contributed by atoms with Crippen LogP contribution in [0.5, 0.6) is 0 Å². The van der Waals surface area contributed by atoms with Gasteiger partial charge in [-0.3, -0.25) is 14.0 Å². The predicted octanol–water partition coefficient (Wildman–Crippen LogP) is 2.75. The van der Waals surface area contributed by atoms with Gasteiger partial charge in [0.2, 0.25) is 5.91 Å². The zero-order valence-electron chi connectivity index (χ0n) is 15.1. The minimum atomic E-state index is -0.224. The summed E-state index contributed by atoms with van der Waals surface area (Å²) >= 11 is 1.71. The summed E-state index contributed by atoms with van der Waals surface area (Å²) in [6, 6.07) is 4.14. The van der Waals surface area contributed by atoms with Gasteiger partial charge in [-0.2, -0.15) is 5.10 Å². The van der Waals surface area contributed by atoms with Crippen LogP contribution in [0.4, 0.5) is 0 Å². The van der Waals surface area contributed by atoms with Crippen molar-refractivity contribution in [2.75, 3.05) is 0 Å². The molecular formula is C18H24N4O2S. The number of aryl methyl sites for hydroxylation is 2. The highest BCUT2D eigenvalue weighted by molar-refractivity contribution is 7.19. The Kier molecular flexibility index (Phi) is 4.94. The number of nitrogens with zero attached hydrogens (tertiary/aromatic N) is 3. The van der Waals surface area contributed by atoms with Crippen molar-refractivity contribution < 1.29 is 4.79 Å². The molecule has 6 nitrogen and oxygen atoms in total. The van der Waals surface area contributed by atoms with E-state index in [1.807, 2.05) is 31.2 Å². The zero-order chi connectivity index (χ0) is 18.1. The number of rotatable bonds is 6. The van der Waals surface area contributed by atoms with Gasteiger partial charge in [0.15, 0.2) is 0 Å². The smallest absolute Gasteiger partial charge is 0.291 e. The molecule has 0 fully saturated rings. The average Bonchev–Trinajstić information content (AvgIpc) is 3.15. The topological polar surface area (TPSA) is 68.4 Å². The van der Waals surface area contributed by atoms with E-state index in [2.05, 4.69) is 23.4 Å². The molecule has 1 amide bonds. The van der Waals surface area contributed by atoms with Crippen LogP contribution in [0.25, 0.3) is 15.7 Å². The highest BCUT2D eigenvalue weighted by Gasteiger charge is 2.17. The van der Waals surface area contributed by atoms with Crippen LogP contribution < -0.4 is 10.9 Å². The summed E-state index contributed by atoms with van der Waals surface area (Å²) in [5, 5.41) is 7.34. The SMILES string of the molecule is CCc1cc2c(cc3c(=O)n(CC(=O)NC(C)CC)nc(CC)n32)s1. The van der Waals surface area contributed by atoms with Crippen molar-refractivity contribution in [2.45, 2.75) is 59.5 Å². The number of fused-ring (bicyclic) bond motifs is 3. The molecule has 1 unspecified atom stereocenters. The van der Waals surface area contributed by atoms with Gasteiger partial charge in [0.1, 0.15) is 17.9 Å². The Balaban J connectivity index is 2.08. The molecule has 3 rings (SSSR count). The molecule has 0 aliphatic rings. The van der Waals surface area contributed by atoms with E-state index in [4.69, 9.17) is 0 Å². The Bertz CT molecular complexity index is 982. The van der Waals surface area contributed by atoms with Gasteiger partial charge in [-0.1, -0.05) is 20.8 Å². The van der Waals surface area contributed by atoms with Crippen LogP contribution >= 0.6 is 11.3 Å². The van der Waals surface area contributed by atoms with Gasteiger partial charge in [-0.25, -0.2) is 4.68 Å². The van der Waals surface area contributed by atoms with Gasteiger partial charge in [0.25, 0.3) is 5.56 Å². The number of thiophene rings is 1. The number of carbonyl (C=O) groups is 1. The Morgan fingerprint density at radius 2 is 2.00 bits per heavy atom. The van der Waals surface area contributed by atoms with Crippen LogP contribution in [0.2, 0.25) is 0 Å². The Morgan fingerprint density at radius 1 is 1.24 bits per heavy atom. The summed E-state index contributed by atoms with van der Waals surface area (Å²) in [5.74, 6) is 0.610. The van der Waals surface area contributed by atoms with E-state index in [0.717, 1.165) is 28.9 Å². The molecule has 0 aliphatic carbocycles. The molecule has 3 aromatic heterocycles. The molecule has 25 heavy (non-hydrogen) atoms. The molecular weight excluding hydrogens is 336 g/mol. The maximum atomic E-state index is 12.8. The first kappa shape index (κ1) is 17.7. The lowest BCUT2D eigenvalue weighted by Gasteiger charge is -2.13. The standard InChI is InChI=1S/C18H24N4O2S/c1-5-11(4)19-17(23)10-21-18(24)14-9-15-13(8-12(6-2)25-15)22(14)16(7-3)20-21/h8-9,11H,5-7,10H2,1-4H3,(H,19,23). The molecule has 0 spiro atoms. The molecule has 0 aromatic carbocycles. The van der Waals surface area contributed by atoms with Gasteiger partial charge < -0.3 is 5.32 Å². The molecule has 1 atom stereocenters. The first-order valence-electron chi connectivity index (χ1n) is 8.81. The number of amides is 1. The molecule has 3 heterocycles. The van der Waals surface area contributed by atoms with E-state index in [-0.39, 0.29) is 24.1 Å². The maximum Gasteiger partial charge on any atom is 0.291 e. The van der Waals surface area contributed by atoms with Crippen molar-refractivity contribution >= 4 is 33.0 Å². The second kappa shape index (κ2) is 7.00. The van der Waals surface area contributed by atoms with Crippen LogP contribution in [-0.4, -0.2) is 26.1 Å². The quantitative estimate of drug-likeness (QED) is 0.735. The molecule has 0 saturated carbocycles. The van der Waals surface area contributed by atoms with Crippen molar-refractivity contribution in [1.29, 1.82) is 0 Å². The first-order valence-corrected chi connectivity index (χ1v) is 9.63. The first-order chi connectivity index (χ1) is 12.0. The molecule has 0 saturated heterocycles. The van der Waals surface area contributed by atoms with Crippen LogP contribution in [0.1, 0.15) is 44.8 Å². The summed E-state index contributed by atoms with van der Waals surface area (Å²) in [6.45, 7) is 8.04. The fraction of sp³-hybridized carbons (Fsp3) is 0.500. The maximum absolute atomic E-state index is 12.8. The van der Waals surface area contributed by atoms with E-state index in [9.17, 15) is 9.59 Å². The van der Waals surface area contributed by atoms with Gasteiger partial charge in [0, 0.05) is 17.3 Å². The fourth-order valence-corrected chi connectivity index (χ4v) is 3.93. The van der Waals surface area contributed by atoms with Crippen LogP contribution in [0.3, 0.4) is 0 Å². The minimum absolute atomic E-state index is 0.0499. The third kappa shape index (κ3) is 3.20. The van der Waals surface area contributed by atoms with E-state index < -0.39 is 0 Å². The number of hydrogen-bond acceptors (Lipinski definition) is 4. The van der Waals surface area contributed by atoms with Crippen molar-refractivity contribution in [3.63, 3.8) is 0 Å². The number of hydrogen-bond donors (Lipinski definition) is 1. The van der Waals surface area contributed by atoms with Gasteiger partial charge in [-0.15, -0.1) is 11.3 Å². The van der Waals surface area contributed by atoms with Crippen molar-refractivity contribution in [1.82, 2.24) is 19.5 Å². The minimum Gasteiger partial charge on any atom is -0.352 e. The summed E-state index contributed by atoms with van der Waals surface area (Å²) in [4.78, 5) is 26.3. The Hall–Kier alpha value is -2.15. The van der Waals surface area contributed by atoms with E-state index in [0.29, 0.717) is 11.9 Å².